The molecule has 2 aromatic rings. The van der Waals surface area contributed by atoms with Crippen molar-refractivity contribution in [3.63, 3.8) is 0 Å². The zero-order valence-corrected chi connectivity index (χ0v) is 12.4. The number of aliphatic hydroxyl groups excluding tert-OH is 1. The van der Waals surface area contributed by atoms with Crippen molar-refractivity contribution in [2.75, 3.05) is 7.11 Å². The number of hydrogen-bond donors (Lipinski definition) is 1. The molecule has 1 unspecified atom stereocenters. The van der Waals surface area contributed by atoms with Crippen molar-refractivity contribution in [1.29, 1.82) is 5.26 Å². The van der Waals surface area contributed by atoms with Gasteiger partial charge in [-0.25, -0.2) is 0 Å². The lowest BCUT2D eigenvalue weighted by Crippen LogP contribution is -2.07. The van der Waals surface area contributed by atoms with Crippen molar-refractivity contribution in [3.05, 3.63) is 47.8 Å². The molecule has 0 aliphatic heterocycles. The van der Waals surface area contributed by atoms with E-state index < -0.39 is 6.10 Å². The second-order valence-electron chi connectivity index (χ2n) is 5.18. The third kappa shape index (κ3) is 3.04. The van der Waals surface area contributed by atoms with Crippen LogP contribution in [0, 0.1) is 17.2 Å². The van der Waals surface area contributed by atoms with Gasteiger partial charge in [0.2, 0.25) is 0 Å². The molecule has 21 heavy (non-hydrogen) atoms. The fourth-order valence-electron chi connectivity index (χ4n) is 2.21. The summed E-state index contributed by atoms with van der Waals surface area (Å²) >= 11 is 0. The maximum absolute atomic E-state index is 10.4. The van der Waals surface area contributed by atoms with Crippen LogP contribution in [-0.4, -0.2) is 17.2 Å². The number of pyridine rings is 1. The van der Waals surface area contributed by atoms with Gasteiger partial charge < -0.3 is 9.84 Å². The molecule has 1 heterocycles. The van der Waals surface area contributed by atoms with E-state index in [1.54, 1.807) is 24.5 Å². The lowest BCUT2D eigenvalue weighted by atomic mass is 9.92. The molecule has 0 spiro atoms. The average molecular weight is 282 g/mol. The molecule has 2 rings (SSSR count). The Morgan fingerprint density at radius 3 is 2.67 bits per heavy atom. The first-order valence-corrected chi connectivity index (χ1v) is 6.79. The van der Waals surface area contributed by atoms with Crippen LogP contribution in [0.2, 0.25) is 0 Å². The number of aromatic nitrogens is 1. The van der Waals surface area contributed by atoms with Gasteiger partial charge in [0.05, 0.1) is 18.8 Å². The molecule has 0 saturated carbocycles. The van der Waals surface area contributed by atoms with Crippen LogP contribution in [0.3, 0.4) is 0 Å². The van der Waals surface area contributed by atoms with Crippen LogP contribution in [0.25, 0.3) is 11.1 Å². The molecule has 0 radical (unpaired) electrons. The molecule has 1 aromatic carbocycles. The van der Waals surface area contributed by atoms with Gasteiger partial charge >= 0.3 is 0 Å². The third-order valence-corrected chi connectivity index (χ3v) is 3.44. The molecule has 1 aromatic heterocycles. The van der Waals surface area contributed by atoms with Crippen LogP contribution in [0.1, 0.15) is 31.1 Å². The number of rotatable bonds is 4. The average Bonchev–Trinajstić information content (AvgIpc) is 2.53. The smallest absolute Gasteiger partial charge is 0.137 e. The summed E-state index contributed by atoms with van der Waals surface area (Å²) in [5.74, 6) is 0.621. The molecule has 108 valence electrons. The Morgan fingerprint density at radius 2 is 2.05 bits per heavy atom. The molecular weight excluding hydrogens is 264 g/mol. The largest absolute Gasteiger partial charge is 0.495 e. The number of aliphatic hydroxyl groups is 1. The first-order chi connectivity index (χ1) is 10.1. The van der Waals surface area contributed by atoms with Crippen LogP contribution in [0.4, 0.5) is 0 Å². The second kappa shape index (κ2) is 6.38. The molecule has 4 heteroatoms. The summed E-state index contributed by atoms with van der Waals surface area (Å²) in [5.41, 5.74) is 3.03. The van der Waals surface area contributed by atoms with Gasteiger partial charge in [-0.1, -0.05) is 19.9 Å². The van der Waals surface area contributed by atoms with Gasteiger partial charge in [0.1, 0.15) is 11.8 Å². The molecular formula is C17H18N2O2. The van der Waals surface area contributed by atoms with Crippen LogP contribution in [0.15, 0.2) is 36.7 Å². The normalized spacial score (nSPS) is 12.0. The molecule has 0 aliphatic rings. The van der Waals surface area contributed by atoms with E-state index in [0.29, 0.717) is 11.3 Å². The number of nitrogens with zero attached hydrogens (tertiary/aromatic N) is 2. The molecule has 0 bridgehead atoms. The quantitative estimate of drug-likeness (QED) is 0.934. The first kappa shape index (κ1) is 15.0. The topological polar surface area (TPSA) is 66.1 Å². The fraction of sp³-hybridized carbons (Fsp3) is 0.294. The minimum Gasteiger partial charge on any atom is -0.495 e. The van der Waals surface area contributed by atoms with Crippen LogP contribution in [-0.2, 0) is 0 Å². The van der Waals surface area contributed by atoms with Gasteiger partial charge in [-0.2, -0.15) is 5.26 Å². The van der Waals surface area contributed by atoms with Gasteiger partial charge in [-0.15, -0.1) is 0 Å². The van der Waals surface area contributed by atoms with E-state index in [-0.39, 0.29) is 5.92 Å². The minimum absolute atomic E-state index is 0.103. The van der Waals surface area contributed by atoms with E-state index >= 15 is 0 Å². The Balaban J connectivity index is 2.55. The highest BCUT2D eigenvalue weighted by molar-refractivity contribution is 5.70. The third-order valence-electron chi connectivity index (χ3n) is 3.44. The van der Waals surface area contributed by atoms with E-state index in [1.165, 1.54) is 7.11 Å². The Morgan fingerprint density at radius 1 is 1.29 bits per heavy atom. The number of nitriles is 1. The lowest BCUT2D eigenvalue weighted by molar-refractivity contribution is 0.127. The van der Waals surface area contributed by atoms with Crippen LogP contribution < -0.4 is 4.74 Å². The predicted molar refractivity (Wildman–Crippen MR) is 80.7 cm³/mol. The Kier molecular flexibility index (Phi) is 4.56. The minimum atomic E-state index is -0.565. The van der Waals surface area contributed by atoms with E-state index in [2.05, 4.69) is 11.1 Å². The van der Waals surface area contributed by atoms with Gasteiger partial charge in [-0.05, 0) is 35.2 Å². The zero-order valence-electron chi connectivity index (χ0n) is 12.4. The number of ether oxygens (including phenoxy) is 1. The lowest BCUT2D eigenvalue weighted by Gasteiger charge is -2.18. The highest BCUT2D eigenvalue weighted by Crippen LogP contribution is 2.33. The van der Waals surface area contributed by atoms with Gasteiger partial charge in [0, 0.05) is 18.0 Å². The summed E-state index contributed by atoms with van der Waals surface area (Å²) < 4.78 is 5.24. The molecule has 1 atom stereocenters. The van der Waals surface area contributed by atoms with Crippen molar-refractivity contribution < 1.29 is 9.84 Å². The van der Waals surface area contributed by atoms with E-state index in [9.17, 15) is 5.11 Å². The predicted octanol–water partition coefficient (Wildman–Crippen LogP) is 3.32. The van der Waals surface area contributed by atoms with E-state index in [4.69, 9.17) is 10.00 Å². The van der Waals surface area contributed by atoms with Gasteiger partial charge in [-0.3, -0.25) is 4.98 Å². The Labute approximate surface area is 124 Å². The van der Waals surface area contributed by atoms with Gasteiger partial charge in [0.15, 0.2) is 0 Å². The number of benzene rings is 1. The maximum Gasteiger partial charge on any atom is 0.137 e. The Hall–Kier alpha value is -2.38. The molecule has 0 aliphatic carbocycles. The highest BCUT2D eigenvalue weighted by Gasteiger charge is 2.17. The highest BCUT2D eigenvalue weighted by atomic mass is 16.5. The standard InChI is InChI=1S/C17H18N2O2/c1-11(2)17(20)14-6-7-19-10-15(14)12-4-5-13(9-18)16(8-12)21-3/h4-8,10-11,17,20H,1-3H3. The van der Waals surface area contributed by atoms with Crippen molar-refractivity contribution in [2.24, 2.45) is 5.92 Å². The van der Waals surface area contributed by atoms with Crippen molar-refractivity contribution in [2.45, 2.75) is 20.0 Å². The molecule has 0 saturated heterocycles. The summed E-state index contributed by atoms with van der Waals surface area (Å²) in [7, 11) is 1.53. The molecule has 1 N–H and O–H groups in total. The summed E-state index contributed by atoms with van der Waals surface area (Å²) in [6.07, 6.45) is 2.83. The van der Waals surface area contributed by atoms with Crippen molar-refractivity contribution >= 4 is 0 Å². The second-order valence-corrected chi connectivity index (χ2v) is 5.18. The maximum atomic E-state index is 10.4. The zero-order chi connectivity index (χ0) is 15.4. The molecule has 0 fully saturated rings. The summed E-state index contributed by atoms with van der Waals surface area (Å²) in [6.45, 7) is 3.93. The van der Waals surface area contributed by atoms with Crippen molar-refractivity contribution in [3.8, 4) is 22.9 Å². The van der Waals surface area contributed by atoms with Crippen LogP contribution in [0.5, 0.6) is 5.75 Å². The molecule has 4 nitrogen and oxygen atoms in total. The summed E-state index contributed by atoms with van der Waals surface area (Å²) in [5, 5.41) is 19.4. The first-order valence-electron chi connectivity index (χ1n) is 6.79. The van der Waals surface area contributed by atoms with Crippen LogP contribution >= 0.6 is 0 Å². The van der Waals surface area contributed by atoms with Gasteiger partial charge in [0.25, 0.3) is 0 Å². The van der Waals surface area contributed by atoms with Crippen molar-refractivity contribution in [1.82, 2.24) is 4.98 Å². The number of methoxy groups -OCH3 is 1. The number of hydrogen-bond acceptors (Lipinski definition) is 4. The fourth-order valence-corrected chi connectivity index (χ4v) is 2.21. The SMILES string of the molecule is COc1cc(-c2cnccc2C(O)C(C)C)ccc1C#N. The monoisotopic (exact) mass is 282 g/mol. The summed E-state index contributed by atoms with van der Waals surface area (Å²) in [4.78, 5) is 4.14. The van der Waals surface area contributed by atoms with E-state index in [0.717, 1.165) is 16.7 Å². The molecule has 0 amide bonds. The Bertz CT molecular complexity index is 675. The van der Waals surface area contributed by atoms with E-state index in [1.807, 2.05) is 26.0 Å². The summed E-state index contributed by atoms with van der Waals surface area (Å²) in [6, 6.07) is 9.27.